The Labute approximate surface area is 141 Å². The first-order chi connectivity index (χ1) is 11.8. The van der Waals surface area contributed by atoms with E-state index < -0.39 is 0 Å². The van der Waals surface area contributed by atoms with Crippen LogP contribution in [0.15, 0.2) is 36.8 Å². The first-order valence-electron chi connectivity index (χ1n) is 8.32. The van der Waals surface area contributed by atoms with Crippen LogP contribution in [0.3, 0.4) is 0 Å². The molecule has 0 bridgehead atoms. The molecule has 2 saturated heterocycles. The SMILES string of the molecule is c1cc(CNc2nccc(N3CCC4(CC3)OCCO4)n2)ccn1. The lowest BCUT2D eigenvalue weighted by atomic mass is 10.0. The summed E-state index contributed by atoms with van der Waals surface area (Å²) < 4.78 is 11.6. The largest absolute Gasteiger partial charge is 0.356 e. The van der Waals surface area contributed by atoms with Crippen LogP contribution in [0.1, 0.15) is 18.4 Å². The van der Waals surface area contributed by atoms with Crippen molar-refractivity contribution in [2.75, 3.05) is 36.5 Å². The molecule has 0 amide bonds. The molecule has 0 aromatic carbocycles. The van der Waals surface area contributed by atoms with Crippen LogP contribution in [0, 0.1) is 0 Å². The minimum Gasteiger partial charge on any atom is -0.356 e. The summed E-state index contributed by atoms with van der Waals surface area (Å²) in [5.41, 5.74) is 1.15. The van der Waals surface area contributed by atoms with Gasteiger partial charge in [0.05, 0.1) is 13.2 Å². The summed E-state index contributed by atoms with van der Waals surface area (Å²) in [5.74, 6) is 1.22. The maximum atomic E-state index is 5.78. The second kappa shape index (κ2) is 6.70. The predicted molar refractivity (Wildman–Crippen MR) is 89.7 cm³/mol. The van der Waals surface area contributed by atoms with Crippen molar-refractivity contribution in [1.82, 2.24) is 15.0 Å². The molecule has 2 aromatic heterocycles. The van der Waals surface area contributed by atoms with Crippen LogP contribution in [-0.4, -0.2) is 47.0 Å². The summed E-state index contributed by atoms with van der Waals surface area (Å²) in [6.07, 6.45) is 7.10. The lowest BCUT2D eigenvalue weighted by molar-refractivity contribution is -0.169. The van der Waals surface area contributed by atoms with E-state index in [0.717, 1.165) is 37.3 Å². The number of rotatable bonds is 4. The van der Waals surface area contributed by atoms with Gasteiger partial charge >= 0.3 is 0 Å². The fraction of sp³-hybridized carbons (Fsp3) is 0.471. The van der Waals surface area contributed by atoms with Gasteiger partial charge in [-0.3, -0.25) is 4.98 Å². The van der Waals surface area contributed by atoms with Gasteiger partial charge in [-0.15, -0.1) is 0 Å². The summed E-state index contributed by atoms with van der Waals surface area (Å²) in [4.78, 5) is 15.2. The Bertz CT molecular complexity index is 666. The topological polar surface area (TPSA) is 72.4 Å². The lowest BCUT2D eigenvalue weighted by Crippen LogP contribution is -2.45. The average Bonchev–Trinajstić information content (AvgIpc) is 3.10. The Morgan fingerprint density at radius 3 is 2.54 bits per heavy atom. The van der Waals surface area contributed by atoms with Crippen molar-refractivity contribution in [1.29, 1.82) is 0 Å². The van der Waals surface area contributed by atoms with Crippen molar-refractivity contribution < 1.29 is 9.47 Å². The molecule has 4 heterocycles. The standard InChI is InChI=1S/C17H21N5O2/c1-6-18-7-2-14(1)13-20-16-19-8-3-15(21-16)22-9-4-17(5-10-22)23-11-12-24-17/h1-3,6-8H,4-5,9-13H2,(H,19,20,21). The molecule has 126 valence electrons. The van der Waals surface area contributed by atoms with Crippen molar-refractivity contribution >= 4 is 11.8 Å². The molecule has 4 rings (SSSR count). The molecular formula is C17H21N5O2. The summed E-state index contributed by atoms with van der Waals surface area (Å²) in [5, 5.41) is 3.26. The summed E-state index contributed by atoms with van der Waals surface area (Å²) in [6.45, 7) is 3.84. The predicted octanol–water partition coefficient (Wildman–Crippen LogP) is 1.83. The zero-order valence-corrected chi connectivity index (χ0v) is 13.5. The number of anilines is 2. The van der Waals surface area contributed by atoms with E-state index >= 15 is 0 Å². The molecule has 2 aliphatic heterocycles. The zero-order valence-electron chi connectivity index (χ0n) is 13.5. The first-order valence-corrected chi connectivity index (χ1v) is 8.32. The second-order valence-corrected chi connectivity index (χ2v) is 6.04. The molecule has 0 atom stereocenters. The highest BCUT2D eigenvalue weighted by atomic mass is 16.7. The first kappa shape index (κ1) is 15.3. The number of pyridine rings is 1. The van der Waals surface area contributed by atoms with Gasteiger partial charge in [-0.2, -0.15) is 4.98 Å². The fourth-order valence-electron chi connectivity index (χ4n) is 3.15. The number of piperidine rings is 1. The molecule has 0 unspecified atom stereocenters. The van der Waals surface area contributed by atoms with E-state index in [4.69, 9.17) is 9.47 Å². The van der Waals surface area contributed by atoms with Gasteiger partial charge in [0.2, 0.25) is 5.95 Å². The van der Waals surface area contributed by atoms with Gasteiger partial charge in [-0.05, 0) is 23.8 Å². The van der Waals surface area contributed by atoms with Crippen molar-refractivity contribution in [2.24, 2.45) is 0 Å². The smallest absolute Gasteiger partial charge is 0.224 e. The van der Waals surface area contributed by atoms with Crippen molar-refractivity contribution in [3.05, 3.63) is 42.4 Å². The molecule has 0 radical (unpaired) electrons. The molecule has 0 saturated carbocycles. The molecule has 1 spiro atoms. The van der Waals surface area contributed by atoms with Gasteiger partial charge in [0, 0.05) is 51.1 Å². The minimum absolute atomic E-state index is 0.355. The fourth-order valence-corrected chi connectivity index (χ4v) is 3.15. The number of ether oxygens (including phenoxy) is 2. The van der Waals surface area contributed by atoms with Gasteiger partial charge in [0.25, 0.3) is 0 Å². The van der Waals surface area contributed by atoms with E-state index in [1.165, 1.54) is 0 Å². The number of hydrogen-bond acceptors (Lipinski definition) is 7. The lowest BCUT2D eigenvalue weighted by Gasteiger charge is -2.38. The van der Waals surface area contributed by atoms with E-state index in [9.17, 15) is 0 Å². The zero-order chi connectivity index (χ0) is 16.2. The van der Waals surface area contributed by atoms with Crippen LogP contribution in [0.2, 0.25) is 0 Å². The Morgan fingerprint density at radius 2 is 1.79 bits per heavy atom. The van der Waals surface area contributed by atoms with Crippen LogP contribution in [-0.2, 0) is 16.0 Å². The third-order valence-corrected chi connectivity index (χ3v) is 4.50. The Hall–Kier alpha value is -2.25. The summed E-state index contributed by atoms with van der Waals surface area (Å²) in [7, 11) is 0. The van der Waals surface area contributed by atoms with Gasteiger partial charge < -0.3 is 19.7 Å². The highest BCUT2D eigenvalue weighted by Gasteiger charge is 2.40. The molecule has 7 nitrogen and oxygen atoms in total. The summed E-state index contributed by atoms with van der Waals surface area (Å²) >= 11 is 0. The Kier molecular flexibility index (Phi) is 4.27. The van der Waals surface area contributed by atoms with Crippen molar-refractivity contribution in [2.45, 2.75) is 25.2 Å². The van der Waals surface area contributed by atoms with Crippen molar-refractivity contribution in [3.63, 3.8) is 0 Å². The van der Waals surface area contributed by atoms with Gasteiger partial charge in [-0.1, -0.05) is 0 Å². The van der Waals surface area contributed by atoms with Crippen LogP contribution in [0.25, 0.3) is 0 Å². The number of aromatic nitrogens is 3. The highest BCUT2D eigenvalue weighted by Crippen LogP contribution is 2.32. The quantitative estimate of drug-likeness (QED) is 0.918. The second-order valence-electron chi connectivity index (χ2n) is 6.04. The van der Waals surface area contributed by atoms with Crippen LogP contribution in [0.4, 0.5) is 11.8 Å². The molecular weight excluding hydrogens is 306 g/mol. The molecule has 1 N–H and O–H groups in total. The molecule has 7 heteroatoms. The monoisotopic (exact) mass is 327 g/mol. The van der Waals surface area contributed by atoms with Crippen LogP contribution < -0.4 is 10.2 Å². The molecule has 24 heavy (non-hydrogen) atoms. The Balaban J connectivity index is 1.38. The molecule has 2 aliphatic rings. The number of nitrogens with one attached hydrogen (secondary N) is 1. The maximum Gasteiger partial charge on any atom is 0.224 e. The van der Waals surface area contributed by atoms with E-state index in [2.05, 4.69) is 25.2 Å². The normalized spacial score (nSPS) is 19.6. The summed E-state index contributed by atoms with van der Waals surface area (Å²) in [6, 6.07) is 5.90. The van der Waals surface area contributed by atoms with Crippen molar-refractivity contribution in [3.8, 4) is 0 Å². The Morgan fingerprint density at radius 1 is 1.04 bits per heavy atom. The van der Waals surface area contributed by atoms with Gasteiger partial charge in [0.15, 0.2) is 5.79 Å². The highest BCUT2D eigenvalue weighted by molar-refractivity contribution is 5.43. The van der Waals surface area contributed by atoms with E-state index in [0.29, 0.717) is 25.7 Å². The van der Waals surface area contributed by atoms with Gasteiger partial charge in [-0.25, -0.2) is 4.98 Å². The minimum atomic E-state index is -0.355. The number of hydrogen-bond donors (Lipinski definition) is 1. The maximum absolute atomic E-state index is 5.78. The molecule has 2 fully saturated rings. The van der Waals surface area contributed by atoms with Crippen LogP contribution >= 0.6 is 0 Å². The van der Waals surface area contributed by atoms with Crippen LogP contribution in [0.5, 0.6) is 0 Å². The van der Waals surface area contributed by atoms with E-state index in [1.807, 2.05) is 18.2 Å². The van der Waals surface area contributed by atoms with E-state index in [1.54, 1.807) is 18.6 Å². The third kappa shape index (κ3) is 3.32. The van der Waals surface area contributed by atoms with E-state index in [-0.39, 0.29) is 5.79 Å². The molecule has 0 aliphatic carbocycles. The van der Waals surface area contributed by atoms with Gasteiger partial charge in [0.1, 0.15) is 5.82 Å². The third-order valence-electron chi connectivity index (χ3n) is 4.50. The number of nitrogens with zero attached hydrogens (tertiary/aromatic N) is 4. The molecule has 2 aromatic rings. The average molecular weight is 327 g/mol.